The summed E-state index contributed by atoms with van der Waals surface area (Å²) in [6.45, 7) is 1.56. The van der Waals surface area contributed by atoms with Gasteiger partial charge in [-0.2, -0.15) is 0 Å². The molecule has 0 atom stereocenters. The maximum Gasteiger partial charge on any atom is 0.374 e. The number of furan rings is 1. The zero-order valence-corrected chi connectivity index (χ0v) is 10.8. The first-order valence-corrected chi connectivity index (χ1v) is 5.90. The number of esters is 1. The van der Waals surface area contributed by atoms with E-state index in [-0.39, 0.29) is 16.9 Å². The Kier molecular flexibility index (Phi) is 2.53. The van der Waals surface area contributed by atoms with E-state index >= 15 is 0 Å². The third-order valence-electron chi connectivity index (χ3n) is 3.26. The first kappa shape index (κ1) is 12.3. The van der Waals surface area contributed by atoms with Crippen LogP contribution in [0.5, 0.6) is 0 Å². The Labute approximate surface area is 112 Å². The molecule has 0 amide bonds. The fourth-order valence-corrected chi connectivity index (χ4v) is 2.38. The van der Waals surface area contributed by atoms with Crippen LogP contribution in [-0.4, -0.2) is 23.0 Å². The summed E-state index contributed by atoms with van der Waals surface area (Å²) in [4.78, 5) is 24.0. The van der Waals surface area contributed by atoms with Crippen LogP contribution in [0.4, 0.5) is 0 Å². The van der Waals surface area contributed by atoms with Crippen molar-refractivity contribution in [3.8, 4) is 0 Å². The minimum absolute atomic E-state index is 0.0334. The van der Waals surface area contributed by atoms with Crippen LogP contribution in [-0.2, 0) is 4.74 Å². The van der Waals surface area contributed by atoms with Gasteiger partial charge >= 0.3 is 5.97 Å². The van der Waals surface area contributed by atoms with Gasteiger partial charge in [0.25, 0.3) is 5.56 Å². The molecule has 1 aromatic carbocycles. The Morgan fingerprint density at radius 1 is 1.30 bits per heavy atom. The first-order valence-electron chi connectivity index (χ1n) is 5.90. The van der Waals surface area contributed by atoms with Crippen LogP contribution >= 0.6 is 0 Å². The number of pyridine rings is 1. The molecule has 2 heterocycles. The number of rotatable bonds is 1. The second-order valence-corrected chi connectivity index (χ2v) is 4.36. The SMILES string of the molecule is COC(=O)c1oc(C)c2c(=O)n(O)c3ccccc3c12. The lowest BCUT2D eigenvalue weighted by molar-refractivity contribution is 0.0566. The van der Waals surface area contributed by atoms with Gasteiger partial charge < -0.3 is 14.4 Å². The van der Waals surface area contributed by atoms with Gasteiger partial charge in [-0.05, 0) is 13.0 Å². The Morgan fingerprint density at radius 3 is 2.70 bits per heavy atom. The lowest BCUT2D eigenvalue weighted by Gasteiger charge is -2.04. The molecule has 2 aromatic heterocycles. The standard InChI is InChI=1S/C14H11NO5/c1-7-10-11(12(20-7)14(17)19-2)8-5-3-4-6-9(8)15(18)13(10)16/h3-6,18H,1-2H3. The molecule has 0 aliphatic rings. The molecular weight excluding hydrogens is 262 g/mol. The summed E-state index contributed by atoms with van der Waals surface area (Å²) in [5.74, 6) is -0.434. The van der Waals surface area contributed by atoms with Crippen LogP contribution in [0.25, 0.3) is 21.7 Å². The molecule has 0 saturated carbocycles. The number of methoxy groups -OCH3 is 1. The van der Waals surface area contributed by atoms with Crippen molar-refractivity contribution in [2.45, 2.75) is 6.92 Å². The molecule has 20 heavy (non-hydrogen) atoms. The predicted octanol–water partition coefficient (Wildman–Crippen LogP) is 2.08. The van der Waals surface area contributed by atoms with Crippen molar-refractivity contribution < 1.29 is 19.2 Å². The highest BCUT2D eigenvalue weighted by Gasteiger charge is 2.24. The Hall–Kier alpha value is -2.76. The first-order chi connectivity index (χ1) is 9.56. The second-order valence-electron chi connectivity index (χ2n) is 4.36. The van der Waals surface area contributed by atoms with Gasteiger partial charge in [0.1, 0.15) is 5.76 Å². The topological polar surface area (TPSA) is 81.7 Å². The van der Waals surface area contributed by atoms with Crippen molar-refractivity contribution in [1.82, 2.24) is 4.73 Å². The summed E-state index contributed by atoms with van der Waals surface area (Å²) < 4.78 is 10.6. The number of aryl methyl sites for hydroxylation is 1. The average molecular weight is 273 g/mol. The predicted molar refractivity (Wildman–Crippen MR) is 71.2 cm³/mol. The zero-order valence-electron chi connectivity index (χ0n) is 10.8. The number of aromatic nitrogens is 1. The molecule has 0 saturated heterocycles. The van der Waals surface area contributed by atoms with Gasteiger partial charge in [0.2, 0.25) is 5.76 Å². The maximum atomic E-state index is 12.2. The van der Waals surface area contributed by atoms with Gasteiger partial charge in [-0.15, -0.1) is 4.73 Å². The van der Waals surface area contributed by atoms with Crippen molar-refractivity contribution in [2.24, 2.45) is 0 Å². The molecule has 6 heteroatoms. The van der Waals surface area contributed by atoms with E-state index in [1.54, 1.807) is 31.2 Å². The van der Waals surface area contributed by atoms with Crippen molar-refractivity contribution in [3.63, 3.8) is 0 Å². The van der Waals surface area contributed by atoms with Crippen molar-refractivity contribution in [2.75, 3.05) is 7.11 Å². The van der Waals surface area contributed by atoms with Crippen LogP contribution in [0.3, 0.4) is 0 Å². The highest BCUT2D eigenvalue weighted by molar-refractivity contribution is 6.14. The molecule has 0 aliphatic heterocycles. The summed E-state index contributed by atoms with van der Waals surface area (Å²) in [6, 6.07) is 6.71. The molecule has 0 bridgehead atoms. The van der Waals surface area contributed by atoms with E-state index < -0.39 is 11.5 Å². The lowest BCUT2D eigenvalue weighted by atomic mass is 10.1. The fourth-order valence-electron chi connectivity index (χ4n) is 2.38. The third kappa shape index (κ3) is 1.45. The van der Waals surface area contributed by atoms with Crippen LogP contribution < -0.4 is 5.56 Å². The van der Waals surface area contributed by atoms with E-state index in [2.05, 4.69) is 4.74 Å². The van der Waals surface area contributed by atoms with Gasteiger partial charge in [0, 0.05) is 5.39 Å². The Bertz CT molecular complexity index is 903. The highest BCUT2D eigenvalue weighted by atomic mass is 16.5. The highest BCUT2D eigenvalue weighted by Crippen LogP contribution is 2.30. The molecule has 0 aliphatic carbocycles. The normalized spacial score (nSPS) is 11.1. The zero-order chi connectivity index (χ0) is 14.4. The number of ether oxygens (including phenoxy) is 1. The van der Waals surface area contributed by atoms with E-state index in [1.165, 1.54) is 7.11 Å². The molecule has 102 valence electrons. The molecule has 1 N–H and O–H groups in total. The Balaban J connectivity index is 2.65. The molecule has 0 unspecified atom stereocenters. The summed E-state index contributed by atoms with van der Waals surface area (Å²) in [7, 11) is 1.24. The third-order valence-corrected chi connectivity index (χ3v) is 3.26. The number of hydrogen-bond acceptors (Lipinski definition) is 5. The van der Waals surface area contributed by atoms with Crippen molar-refractivity contribution in [3.05, 3.63) is 46.1 Å². The minimum Gasteiger partial charge on any atom is -0.463 e. The van der Waals surface area contributed by atoms with Crippen LogP contribution in [0, 0.1) is 6.92 Å². The summed E-state index contributed by atoms with van der Waals surface area (Å²) in [5.41, 5.74) is -0.328. The van der Waals surface area contributed by atoms with Crippen molar-refractivity contribution in [1.29, 1.82) is 0 Å². The van der Waals surface area contributed by atoms with Crippen LogP contribution in [0.1, 0.15) is 16.3 Å². The second kappa shape index (κ2) is 4.12. The largest absolute Gasteiger partial charge is 0.463 e. The van der Waals surface area contributed by atoms with Crippen LogP contribution in [0.15, 0.2) is 33.5 Å². The van der Waals surface area contributed by atoms with Gasteiger partial charge in [-0.25, -0.2) is 4.79 Å². The molecule has 0 fully saturated rings. The smallest absolute Gasteiger partial charge is 0.374 e. The fraction of sp³-hybridized carbons (Fsp3) is 0.143. The summed E-state index contributed by atoms with van der Waals surface area (Å²) in [5, 5.41) is 11.0. The molecule has 0 spiro atoms. The van der Waals surface area contributed by atoms with Gasteiger partial charge in [0.15, 0.2) is 0 Å². The molecule has 3 rings (SSSR count). The monoisotopic (exact) mass is 273 g/mol. The molecule has 3 aromatic rings. The van der Waals surface area contributed by atoms with Gasteiger partial charge in [-0.3, -0.25) is 4.79 Å². The molecule has 0 radical (unpaired) electrons. The quantitative estimate of drug-likeness (QED) is 0.542. The van der Waals surface area contributed by atoms with Gasteiger partial charge in [0.05, 0.1) is 23.4 Å². The molecule has 6 nitrogen and oxygen atoms in total. The summed E-state index contributed by atoms with van der Waals surface area (Å²) >= 11 is 0. The van der Waals surface area contributed by atoms with E-state index in [9.17, 15) is 14.8 Å². The van der Waals surface area contributed by atoms with E-state index in [0.29, 0.717) is 21.0 Å². The maximum absolute atomic E-state index is 12.2. The Morgan fingerprint density at radius 2 is 2.00 bits per heavy atom. The molecular formula is C14H11NO5. The van der Waals surface area contributed by atoms with E-state index in [4.69, 9.17) is 4.42 Å². The number of para-hydroxylation sites is 1. The van der Waals surface area contributed by atoms with Crippen LogP contribution in [0.2, 0.25) is 0 Å². The van der Waals surface area contributed by atoms with E-state index in [1.807, 2.05) is 0 Å². The number of carbonyl (C=O) groups is 1. The number of fused-ring (bicyclic) bond motifs is 3. The number of carbonyl (C=O) groups excluding carboxylic acids is 1. The summed E-state index contributed by atoms with van der Waals surface area (Å²) in [6.07, 6.45) is 0. The number of hydrogen-bond donors (Lipinski definition) is 1. The lowest BCUT2D eigenvalue weighted by Crippen LogP contribution is -2.18. The van der Waals surface area contributed by atoms with Gasteiger partial charge in [-0.1, -0.05) is 18.2 Å². The van der Waals surface area contributed by atoms with Crippen molar-refractivity contribution >= 4 is 27.6 Å². The number of nitrogens with zero attached hydrogens (tertiary/aromatic N) is 1. The number of benzene rings is 1. The average Bonchev–Trinajstić information content (AvgIpc) is 2.82. The van der Waals surface area contributed by atoms with E-state index in [0.717, 1.165) is 0 Å². The minimum atomic E-state index is -0.664.